The molecule has 0 spiro atoms. The van der Waals surface area contributed by atoms with E-state index in [0.29, 0.717) is 72.5 Å². The fourth-order valence-electron chi connectivity index (χ4n) is 6.39. The first kappa shape index (κ1) is 35.4. The van der Waals surface area contributed by atoms with Crippen LogP contribution in [0, 0.1) is 11.7 Å². The molecule has 11 heteroatoms. The highest BCUT2D eigenvalue weighted by molar-refractivity contribution is 6.42. The van der Waals surface area contributed by atoms with Gasteiger partial charge in [0.1, 0.15) is 5.75 Å². The van der Waals surface area contributed by atoms with E-state index < -0.39 is 11.7 Å². The number of nitrogens with zero attached hydrogens (tertiary/aromatic N) is 3. The van der Waals surface area contributed by atoms with Gasteiger partial charge in [0.25, 0.3) is 5.91 Å². The number of para-hydroxylation sites is 1. The van der Waals surface area contributed by atoms with Crippen molar-refractivity contribution in [1.29, 1.82) is 0 Å². The van der Waals surface area contributed by atoms with Crippen LogP contribution in [-0.4, -0.2) is 54.1 Å². The summed E-state index contributed by atoms with van der Waals surface area (Å²) >= 11 is 12.4. The topological polar surface area (TPSA) is 85.8 Å². The number of likely N-dealkylation sites (tertiary alicyclic amines) is 1. The van der Waals surface area contributed by atoms with Crippen molar-refractivity contribution in [2.24, 2.45) is 5.92 Å². The molecule has 0 unspecified atom stereocenters. The summed E-state index contributed by atoms with van der Waals surface area (Å²) in [7, 11) is 1.58. The summed E-state index contributed by atoms with van der Waals surface area (Å²) in [4.78, 5) is 25.4. The van der Waals surface area contributed by atoms with E-state index in [1.165, 1.54) is 25.0 Å². The standard InChI is InChI=1S/C41H37Cl2FN4O4/c1-25-13-17-48(18-14-25)16-5-19-51-40-24-36-30(23-39(40)50-2)37(12-15-45-36)52-38-11-9-27(21-33(38)44)46-41(49)29-22-35(26-8-10-31(42)32(43)20-26)47-34-7-4-3-6-28(29)34/h3-4,6-12,15,20-25H,5,13-14,16-19H2,1-2H3,(H,46,49). The lowest BCUT2D eigenvalue weighted by Gasteiger charge is -2.30. The molecule has 1 amide bonds. The molecule has 0 radical (unpaired) electrons. The van der Waals surface area contributed by atoms with Crippen LogP contribution in [0.15, 0.2) is 91.1 Å². The Morgan fingerprint density at radius 3 is 2.50 bits per heavy atom. The maximum atomic E-state index is 15.6. The zero-order chi connectivity index (χ0) is 36.2. The summed E-state index contributed by atoms with van der Waals surface area (Å²) in [5.74, 6) is 1.20. The lowest BCUT2D eigenvalue weighted by molar-refractivity contribution is 0.102. The molecule has 7 rings (SSSR count). The van der Waals surface area contributed by atoms with Crippen LogP contribution < -0.4 is 19.5 Å². The van der Waals surface area contributed by atoms with Gasteiger partial charge >= 0.3 is 0 Å². The lowest BCUT2D eigenvalue weighted by atomic mass is 9.99. The Bertz CT molecular complexity index is 2260. The SMILES string of the molecule is COc1cc2c(Oc3ccc(NC(=O)c4cc(-c5ccc(Cl)c(Cl)c5)nc5ccccc45)cc3F)ccnc2cc1OCCCN1CCC(C)CC1. The summed E-state index contributed by atoms with van der Waals surface area (Å²) in [6, 6.07) is 23.7. The monoisotopic (exact) mass is 738 g/mol. The number of aromatic nitrogens is 2. The second kappa shape index (κ2) is 15.7. The molecule has 1 aliphatic rings. The molecule has 1 saturated heterocycles. The molecule has 52 heavy (non-hydrogen) atoms. The Labute approximate surface area is 311 Å². The predicted octanol–water partition coefficient (Wildman–Crippen LogP) is 10.4. The van der Waals surface area contributed by atoms with Gasteiger partial charge in [0.05, 0.1) is 46.1 Å². The molecule has 3 heterocycles. The molecular formula is C41H37Cl2FN4O4. The van der Waals surface area contributed by atoms with Crippen molar-refractivity contribution >= 4 is 56.6 Å². The first-order chi connectivity index (χ1) is 25.2. The summed E-state index contributed by atoms with van der Waals surface area (Å²) in [6.07, 6.45) is 4.99. The van der Waals surface area contributed by atoms with E-state index in [0.717, 1.165) is 32.0 Å². The Morgan fingerprint density at radius 2 is 1.71 bits per heavy atom. The maximum absolute atomic E-state index is 15.6. The summed E-state index contributed by atoms with van der Waals surface area (Å²) in [5.41, 5.74) is 3.10. The Hall–Kier alpha value is -4.96. The minimum Gasteiger partial charge on any atom is -0.493 e. The van der Waals surface area contributed by atoms with E-state index in [4.69, 9.17) is 42.4 Å². The maximum Gasteiger partial charge on any atom is 0.256 e. The number of hydrogen-bond acceptors (Lipinski definition) is 7. The number of halogens is 3. The number of anilines is 1. The van der Waals surface area contributed by atoms with Crippen LogP contribution in [0.1, 0.15) is 36.5 Å². The number of piperidine rings is 1. The van der Waals surface area contributed by atoms with Crippen molar-refractivity contribution in [3.8, 4) is 34.3 Å². The van der Waals surface area contributed by atoms with E-state index in [2.05, 4.69) is 22.1 Å². The summed E-state index contributed by atoms with van der Waals surface area (Å²) < 4.78 is 33.4. The smallest absolute Gasteiger partial charge is 0.256 e. The Morgan fingerprint density at radius 1 is 0.885 bits per heavy atom. The molecule has 0 saturated carbocycles. The second-order valence-electron chi connectivity index (χ2n) is 13.0. The van der Waals surface area contributed by atoms with Gasteiger partial charge in [-0.2, -0.15) is 0 Å². The molecule has 1 aliphatic heterocycles. The fraction of sp³-hybridized carbons (Fsp3) is 0.244. The van der Waals surface area contributed by atoms with E-state index >= 15 is 4.39 Å². The number of hydrogen-bond donors (Lipinski definition) is 1. The Kier molecular flexibility index (Phi) is 10.7. The van der Waals surface area contributed by atoms with Crippen molar-refractivity contribution in [2.75, 3.05) is 38.7 Å². The number of ether oxygens (including phenoxy) is 3. The molecule has 8 nitrogen and oxygen atoms in total. The van der Waals surface area contributed by atoms with E-state index in [9.17, 15) is 4.79 Å². The van der Waals surface area contributed by atoms with Crippen LogP contribution in [-0.2, 0) is 0 Å². The molecule has 266 valence electrons. The van der Waals surface area contributed by atoms with Crippen molar-refractivity contribution in [3.05, 3.63) is 113 Å². The first-order valence-electron chi connectivity index (χ1n) is 17.2. The highest BCUT2D eigenvalue weighted by Gasteiger charge is 2.19. The largest absolute Gasteiger partial charge is 0.493 e. The van der Waals surface area contributed by atoms with Gasteiger partial charge in [-0.3, -0.25) is 9.78 Å². The number of carbonyl (C=O) groups excluding carboxylic acids is 1. The number of pyridine rings is 2. The average Bonchev–Trinajstić information content (AvgIpc) is 3.15. The van der Waals surface area contributed by atoms with Gasteiger partial charge in [0, 0.05) is 46.9 Å². The van der Waals surface area contributed by atoms with Crippen LogP contribution in [0.2, 0.25) is 10.0 Å². The number of amides is 1. The second-order valence-corrected chi connectivity index (χ2v) is 13.8. The van der Waals surface area contributed by atoms with Crippen LogP contribution in [0.25, 0.3) is 33.1 Å². The normalized spacial score (nSPS) is 13.7. The van der Waals surface area contributed by atoms with Gasteiger partial charge in [0.15, 0.2) is 23.1 Å². The van der Waals surface area contributed by atoms with Crippen LogP contribution in [0.4, 0.5) is 10.1 Å². The zero-order valence-electron chi connectivity index (χ0n) is 28.8. The van der Waals surface area contributed by atoms with E-state index in [1.807, 2.05) is 30.3 Å². The molecular weight excluding hydrogens is 702 g/mol. The molecule has 6 aromatic rings. The molecule has 0 aliphatic carbocycles. The van der Waals surface area contributed by atoms with Crippen molar-refractivity contribution in [3.63, 3.8) is 0 Å². The number of fused-ring (bicyclic) bond motifs is 2. The molecule has 2 aromatic heterocycles. The third kappa shape index (κ3) is 7.92. The molecule has 1 fully saturated rings. The van der Waals surface area contributed by atoms with Crippen LogP contribution in [0.3, 0.4) is 0 Å². The van der Waals surface area contributed by atoms with Gasteiger partial charge < -0.3 is 24.4 Å². The molecule has 1 N–H and O–H groups in total. The minimum absolute atomic E-state index is 0.0202. The molecule has 0 atom stereocenters. The van der Waals surface area contributed by atoms with Gasteiger partial charge in [0.2, 0.25) is 0 Å². The molecule has 4 aromatic carbocycles. The van der Waals surface area contributed by atoms with Crippen LogP contribution >= 0.6 is 23.2 Å². The third-order valence-corrected chi connectivity index (χ3v) is 10.1. The lowest BCUT2D eigenvalue weighted by Crippen LogP contribution is -2.34. The van der Waals surface area contributed by atoms with Crippen molar-refractivity contribution < 1.29 is 23.4 Å². The minimum atomic E-state index is -0.658. The van der Waals surface area contributed by atoms with Gasteiger partial charge in [-0.05, 0) is 86.8 Å². The van der Waals surface area contributed by atoms with E-state index in [1.54, 1.807) is 55.8 Å². The zero-order valence-corrected chi connectivity index (χ0v) is 30.3. The summed E-state index contributed by atoms with van der Waals surface area (Å²) in [5, 5.41) is 4.89. The highest BCUT2D eigenvalue weighted by atomic mass is 35.5. The van der Waals surface area contributed by atoms with Gasteiger partial charge in [-0.1, -0.05) is 54.4 Å². The highest BCUT2D eigenvalue weighted by Crippen LogP contribution is 2.38. The average molecular weight is 740 g/mol. The number of nitrogens with one attached hydrogen (secondary N) is 1. The quantitative estimate of drug-likeness (QED) is 0.132. The first-order valence-corrected chi connectivity index (χ1v) is 18.0. The van der Waals surface area contributed by atoms with Crippen molar-refractivity contribution in [1.82, 2.24) is 14.9 Å². The summed E-state index contributed by atoms with van der Waals surface area (Å²) in [6.45, 7) is 6.13. The third-order valence-electron chi connectivity index (χ3n) is 9.33. The van der Waals surface area contributed by atoms with Crippen molar-refractivity contribution in [2.45, 2.75) is 26.2 Å². The predicted molar refractivity (Wildman–Crippen MR) is 205 cm³/mol. The van der Waals surface area contributed by atoms with Crippen LogP contribution in [0.5, 0.6) is 23.0 Å². The Balaban J connectivity index is 1.06. The number of methoxy groups -OCH3 is 1. The molecule has 0 bridgehead atoms. The fourth-order valence-corrected chi connectivity index (χ4v) is 6.69. The number of benzene rings is 4. The van der Waals surface area contributed by atoms with E-state index in [-0.39, 0.29) is 11.4 Å². The number of rotatable bonds is 11. The van der Waals surface area contributed by atoms with Gasteiger partial charge in [-0.15, -0.1) is 0 Å². The number of carbonyl (C=O) groups is 1. The van der Waals surface area contributed by atoms with Gasteiger partial charge in [-0.25, -0.2) is 9.37 Å².